The average molecular weight is 419 g/mol. The van der Waals surface area contributed by atoms with E-state index in [4.69, 9.17) is 9.72 Å². The second-order valence-corrected chi connectivity index (χ2v) is 7.28. The number of anilines is 1. The number of halogens is 2. The van der Waals surface area contributed by atoms with E-state index in [1.807, 2.05) is 24.3 Å². The molecule has 0 amide bonds. The highest BCUT2D eigenvalue weighted by Gasteiger charge is 2.15. The van der Waals surface area contributed by atoms with Crippen LogP contribution in [0.2, 0.25) is 0 Å². The van der Waals surface area contributed by atoms with Gasteiger partial charge in [0.1, 0.15) is 11.3 Å². The Morgan fingerprint density at radius 2 is 1.84 bits per heavy atom. The van der Waals surface area contributed by atoms with Gasteiger partial charge in [-0.3, -0.25) is 4.98 Å². The Morgan fingerprint density at radius 3 is 2.55 bits per heavy atom. The largest absolute Gasteiger partial charge is 0.494 e. The number of fused-ring (bicyclic) bond motifs is 1. The van der Waals surface area contributed by atoms with Crippen LogP contribution in [0.5, 0.6) is 5.75 Å². The third kappa shape index (κ3) is 4.33. The molecule has 2 aromatic heterocycles. The molecule has 6 heteroatoms. The Hall–Kier alpha value is -3.54. The highest BCUT2D eigenvalue weighted by atomic mass is 19.2. The topological polar surface area (TPSA) is 47.0 Å². The highest BCUT2D eigenvalue weighted by Crippen LogP contribution is 2.37. The molecule has 0 saturated heterocycles. The van der Waals surface area contributed by atoms with Crippen LogP contribution in [0.1, 0.15) is 19.8 Å². The normalized spacial score (nSPS) is 11.0. The van der Waals surface area contributed by atoms with E-state index in [0.717, 1.165) is 53.3 Å². The number of hydrogen-bond donors (Lipinski definition) is 1. The molecule has 0 bridgehead atoms. The molecule has 0 saturated carbocycles. The van der Waals surface area contributed by atoms with Crippen molar-refractivity contribution in [2.24, 2.45) is 0 Å². The van der Waals surface area contributed by atoms with Gasteiger partial charge in [0.25, 0.3) is 0 Å². The Balaban J connectivity index is 1.92. The molecule has 0 atom stereocenters. The van der Waals surface area contributed by atoms with Crippen molar-refractivity contribution in [1.82, 2.24) is 9.97 Å². The molecule has 0 aliphatic heterocycles. The molecule has 0 aliphatic rings. The van der Waals surface area contributed by atoms with Gasteiger partial charge in [-0.2, -0.15) is 0 Å². The van der Waals surface area contributed by atoms with E-state index < -0.39 is 11.6 Å². The van der Waals surface area contributed by atoms with Crippen molar-refractivity contribution in [1.29, 1.82) is 0 Å². The molecule has 0 aliphatic carbocycles. The standard InChI is InChI=1S/C25H23F2N3O/c1-3-4-10-29-23-14-22(17-6-5-9-28-15-17)30-25-19(23)11-18(13-24(25)31-2)16-7-8-20(26)21(27)12-16/h5-9,11-15H,3-4,10H2,1-2H3,(H,29,30). The average Bonchev–Trinajstić information content (AvgIpc) is 2.80. The maximum atomic E-state index is 13.8. The first-order valence-electron chi connectivity index (χ1n) is 10.2. The van der Waals surface area contributed by atoms with Crippen LogP contribution in [0.4, 0.5) is 14.5 Å². The molecule has 4 rings (SSSR count). The van der Waals surface area contributed by atoms with Crippen molar-refractivity contribution in [3.05, 3.63) is 72.6 Å². The summed E-state index contributed by atoms with van der Waals surface area (Å²) in [7, 11) is 1.58. The fraction of sp³-hybridized carbons (Fsp3) is 0.200. The zero-order valence-corrected chi connectivity index (χ0v) is 17.5. The van der Waals surface area contributed by atoms with Gasteiger partial charge in [-0.15, -0.1) is 0 Å². The van der Waals surface area contributed by atoms with Gasteiger partial charge >= 0.3 is 0 Å². The second-order valence-electron chi connectivity index (χ2n) is 7.28. The maximum Gasteiger partial charge on any atom is 0.159 e. The summed E-state index contributed by atoms with van der Waals surface area (Å²) in [5.74, 6) is -1.20. The summed E-state index contributed by atoms with van der Waals surface area (Å²) in [5, 5.41) is 4.35. The van der Waals surface area contributed by atoms with E-state index in [2.05, 4.69) is 17.2 Å². The summed E-state index contributed by atoms with van der Waals surface area (Å²) in [6, 6.07) is 13.4. The van der Waals surface area contributed by atoms with Gasteiger partial charge in [-0.25, -0.2) is 13.8 Å². The second kappa shape index (κ2) is 9.08. The Labute approximate surface area is 179 Å². The van der Waals surface area contributed by atoms with Crippen LogP contribution in [0.25, 0.3) is 33.3 Å². The van der Waals surface area contributed by atoms with Crippen LogP contribution >= 0.6 is 0 Å². The fourth-order valence-electron chi connectivity index (χ4n) is 3.50. The van der Waals surface area contributed by atoms with Gasteiger partial charge in [0, 0.05) is 35.6 Å². The summed E-state index contributed by atoms with van der Waals surface area (Å²) in [6.07, 6.45) is 5.58. The Morgan fingerprint density at radius 1 is 0.968 bits per heavy atom. The van der Waals surface area contributed by atoms with E-state index >= 15 is 0 Å². The number of nitrogens with zero attached hydrogens (tertiary/aromatic N) is 2. The van der Waals surface area contributed by atoms with Crippen LogP contribution < -0.4 is 10.1 Å². The van der Waals surface area contributed by atoms with Crippen molar-refractivity contribution >= 4 is 16.6 Å². The Bertz CT molecular complexity index is 1210. The molecule has 31 heavy (non-hydrogen) atoms. The third-order valence-electron chi connectivity index (χ3n) is 5.15. The summed E-state index contributed by atoms with van der Waals surface area (Å²) in [6.45, 7) is 2.94. The van der Waals surface area contributed by atoms with Gasteiger partial charge < -0.3 is 10.1 Å². The van der Waals surface area contributed by atoms with Crippen molar-refractivity contribution < 1.29 is 13.5 Å². The molecule has 2 aromatic carbocycles. The van der Waals surface area contributed by atoms with Crippen LogP contribution in [-0.2, 0) is 0 Å². The van der Waals surface area contributed by atoms with Crippen LogP contribution in [0.3, 0.4) is 0 Å². The SMILES string of the molecule is CCCCNc1cc(-c2cccnc2)nc2c(OC)cc(-c3ccc(F)c(F)c3)cc12. The highest BCUT2D eigenvalue weighted by molar-refractivity contribution is 6.00. The lowest BCUT2D eigenvalue weighted by molar-refractivity contribution is 0.419. The lowest BCUT2D eigenvalue weighted by Crippen LogP contribution is -2.03. The monoisotopic (exact) mass is 419 g/mol. The number of rotatable bonds is 7. The molecule has 1 N–H and O–H groups in total. The van der Waals surface area contributed by atoms with Crippen LogP contribution in [0.15, 0.2) is 60.9 Å². The first-order valence-corrected chi connectivity index (χ1v) is 10.2. The minimum absolute atomic E-state index is 0.557. The van der Waals surface area contributed by atoms with Gasteiger partial charge in [-0.05, 0) is 60.0 Å². The zero-order chi connectivity index (χ0) is 21.8. The lowest BCUT2D eigenvalue weighted by atomic mass is 10.0. The number of hydrogen-bond acceptors (Lipinski definition) is 4. The molecule has 0 spiro atoms. The minimum atomic E-state index is -0.886. The number of benzene rings is 2. The summed E-state index contributed by atoms with van der Waals surface area (Å²) >= 11 is 0. The fourth-order valence-corrected chi connectivity index (χ4v) is 3.50. The van der Waals surface area contributed by atoms with E-state index in [9.17, 15) is 8.78 Å². The molecule has 0 unspecified atom stereocenters. The molecule has 2 heterocycles. The lowest BCUT2D eigenvalue weighted by Gasteiger charge is -2.16. The summed E-state index contributed by atoms with van der Waals surface area (Å²) in [5.41, 5.74) is 4.55. The smallest absolute Gasteiger partial charge is 0.159 e. The quantitative estimate of drug-likeness (QED) is 0.349. The van der Waals surface area contributed by atoms with E-state index in [1.54, 1.807) is 31.6 Å². The van der Waals surface area contributed by atoms with Crippen LogP contribution in [0, 0.1) is 11.6 Å². The van der Waals surface area contributed by atoms with Crippen molar-refractivity contribution in [3.8, 4) is 28.1 Å². The number of methoxy groups -OCH3 is 1. The number of nitrogens with one attached hydrogen (secondary N) is 1. The Kier molecular flexibility index (Phi) is 6.07. The van der Waals surface area contributed by atoms with Crippen molar-refractivity contribution in [2.45, 2.75) is 19.8 Å². The number of aromatic nitrogens is 2. The van der Waals surface area contributed by atoms with Crippen molar-refractivity contribution in [3.63, 3.8) is 0 Å². The molecule has 158 valence electrons. The molecular formula is C25H23F2N3O. The van der Waals surface area contributed by atoms with Gasteiger partial charge in [0.05, 0.1) is 12.8 Å². The number of unbranched alkanes of at least 4 members (excludes halogenated alkanes) is 1. The van der Waals surface area contributed by atoms with Crippen molar-refractivity contribution in [2.75, 3.05) is 19.0 Å². The molecular weight excluding hydrogens is 396 g/mol. The number of pyridine rings is 2. The minimum Gasteiger partial charge on any atom is -0.494 e. The van der Waals surface area contributed by atoms with Gasteiger partial charge in [0.2, 0.25) is 0 Å². The third-order valence-corrected chi connectivity index (χ3v) is 5.15. The van der Waals surface area contributed by atoms with E-state index in [-0.39, 0.29) is 0 Å². The first kappa shape index (κ1) is 20.7. The molecule has 0 radical (unpaired) electrons. The predicted molar refractivity (Wildman–Crippen MR) is 120 cm³/mol. The summed E-state index contributed by atoms with van der Waals surface area (Å²) in [4.78, 5) is 9.03. The molecule has 4 nitrogen and oxygen atoms in total. The molecule has 4 aromatic rings. The van der Waals surface area contributed by atoms with Gasteiger partial charge in [0.15, 0.2) is 11.6 Å². The molecule has 0 fully saturated rings. The van der Waals surface area contributed by atoms with Gasteiger partial charge in [-0.1, -0.05) is 19.4 Å². The van der Waals surface area contributed by atoms with E-state index in [0.29, 0.717) is 16.8 Å². The first-order chi connectivity index (χ1) is 15.1. The zero-order valence-electron chi connectivity index (χ0n) is 17.5. The predicted octanol–water partition coefficient (Wildman–Crippen LogP) is 6.46. The van der Waals surface area contributed by atoms with E-state index in [1.165, 1.54) is 6.07 Å². The summed E-state index contributed by atoms with van der Waals surface area (Å²) < 4.78 is 32.9. The number of ether oxygens (including phenoxy) is 1. The van der Waals surface area contributed by atoms with Crippen LogP contribution in [-0.4, -0.2) is 23.6 Å². The maximum absolute atomic E-state index is 13.8.